The molecule has 2 N–H and O–H groups in total. The first-order chi connectivity index (χ1) is 13.5. The zero-order chi connectivity index (χ0) is 22.1. The third kappa shape index (κ3) is 9.60. The lowest BCUT2D eigenvalue weighted by Crippen LogP contribution is -2.56. The molecule has 29 heavy (non-hydrogen) atoms. The Morgan fingerprint density at radius 3 is 2.38 bits per heavy atom. The minimum absolute atomic E-state index is 0.0548. The highest BCUT2D eigenvalue weighted by atomic mass is 32.2. The highest BCUT2D eigenvalue weighted by Gasteiger charge is 2.45. The minimum atomic E-state index is -0.832. The van der Waals surface area contributed by atoms with Crippen LogP contribution in [0.15, 0.2) is 0 Å². The molecule has 1 saturated heterocycles. The number of carbonyl (C=O) groups is 4. The van der Waals surface area contributed by atoms with Gasteiger partial charge in [-0.25, -0.2) is 0 Å². The minimum Gasteiger partial charge on any atom is -0.469 e. The van der Waals surface area contributed by atoms with E-state index in [4.69, 9.17) is 9.47 Å². The summed E-state index contributed by atoms with van der Waals surface area (Å²) in [4.78, 5) is 46.9. The summed E-state index contributed by atoms with van der Waals surface area (Å²) in [7, 11) is 1.27. The highest BCUT2D eigenvalue weighted by molar-refractivity contribution is 8.13. The van der Waals surface area contributed by atoms with E-state index in [0.717, 1.165) is 11.8 Å². The summed E-state index contributed by atoms with van der Waals surface area (Å²) < 4.78 is 15.8. The van der Waals surface area contributed by atoms with Crippen LogP contribution in [-0.2, 0) is 33.4 Å². The van der Waals surface area contributed by atoms with Crippen LogP contribution in [0.3, 0.4) is 0 Å². The first-order valence-corrected chi connectivity index (χ1v) is 10.5. The number of esters is 1. The predicted molar refractivity (Wildman–Crippen MR) is 108 cm³/mol. The topological polar surface area (TPSA) is 120 Å². The molecule has 0 unspecified atom stereocenters. The van der Waals surface area contributed by atoms with Crippen LogP contribution in [0.2, 0.25) is 0 Å². The average Bonchev–Trinajstić information content (AvgIpc) is 2.65. The fourth-order valence-corrected chi connectivity index (χ4v) is 3.21. The van der Waals surface area contributed by atoms with Gasteiger partial charge in [-0.3, -0.25) is 19.2 Å². The number of thioether (sulfide) groups is 1. The van der Waals surface area contributed by atoms with Gasteiger partial charge in [0.1, 0.15) is 6.10 Å². The maximum atomic E-state index is 12.5. The van der Waals surface area contributed by atoms with Gasteiger partial charge in [-0.2, -0.15) is 0 Å². The molecule has 0 aromatic rings. The largest absolute Gasteiger partial charge is 0.469 e. The van der Waals surface area contributed by atoms with Gasteiger partial charge in [0, 0.05) is 37.1 Å². The lowest BCUT2D eigenvalue weighted by Gasteiger charge is -2.44. The monoisotopic (exact) mass is 432 g/mol. The van der Waals surface area contributed by atoms with E-state index in [2.05, 4.69) is 15.4 Å². The SMILES string of the molecule is COC(=O)CCC(=O)SCCNC(=O)CCNC(=O)[C@@H]1OC(C)(C)OCC1(C)C. The number of hydrogen-bond acceptors (Lipinski definition) is 8. The molecule has 1 heterocycles. The second-order valence-corrected chi connectivity index (χ2v) is 9.01. The molecule has 1 rings (SSSR count). The van der Waals surface area contributed by atoms with Crippen molar-refractivity contribution >= 4 is 34.7 Å². The van der Waals surface area contributed by atoms with Gasteiger partial charge in [-0.15, -0.1) is 0 Å². The predicted octanol–water partition coefficient (Wildman–Crippen LogP) is 1.000. The Balaban J connectivity index is 2.21. The molecule has 1 fully saturated rings. The van der Waals surface area contributed by atoms with Crippen molar-refractivity contribution in [3.8, 4) is 0 Å². The summed E-state index contributed by atoms with van der Waals surface area (Å²) in [6, 6.07) is 0. The molecule has 0 aliphatic carbocycles. The Kier molecular flexibility index (Phi) is 10.1. The van der Waals surface area contributed by atoms with Crippen molar-refractivity contribution in [1.29, 1.82) is 0 Å². The van der Waals surface area contributed by atoms with E-state index >= 15 is 0 Å². The van der Waals surface area contributed by atoms with E-state index in [-0.39, 0.29) is 42.7 Å². The summed E-state index contributed by atoms with van der Waals surface area (Å²) in [5.41, 5.74) is -0.473. The standard InChI is InChI=1S/C19H32N2O7S/c1-18(2)12-27-19(3,4)28-16(18)17(25)21-9-8-13(22)20-10-11-29-15(24)7-6-14(23)26-5/h16H,6-12H2,1-5H3,(H,20,22)(H,21,25)/t16-/m0/s1. The lowest BCUT2D eigenvalue weighted by molar-refractivity contribution is -0.304. The summed E-state index contributed by atoms with van der Waals surface area (Å²) in [5, 5.41) is 5.30. The zero-order valence-electron chi connectivity index (χ0n) is 17.8. The van der Waals surface area contributed by atoms with E-state index in [0.29, 0.717) is 18.9 Å². The maximum absolute atomic E-state index is 12.5. The zero-order valence-corrected chi connectivity index (χ0v) is 18.6. The molecule has 0 radical (unpaired) electrons. The van der Waals surface area contributed by atoms with Crippen LogP contribution in [0.25, 0.3) is 0 Å². The molecule has 9 nitrogen and oxygen atoms in total. The van der Waals surface area contributed by atoms with Crippen molar-refractivity contribution in [2.45, 2.75) is 58.8 Å². The molecule has 0 saturated carbocycles. The second-order valence-electron chi connectivity index (χ2n) is 7.86. The third-order valence-electron chi connectivity index (χ3n) is 4.24. The van der Waals surface area contributed by atoms with E-state index in [1.165, 1.54) is 7.11 Å². The van der Waals surface area contributed by atoms with Crippen LogP contribution in [0.1, 0.15) is 47.0 Å². The smallest absolute Gasteiger partial charge is 0.305 e. The fraction of sp³-hybridized carbons (Fsp3) is 0.789. The molecule has 166 valence electrons. The first kappa shape index (κ1) is 25.4. The van der Waals surface area contributed by atoms with Crippen molar-refractivity contribution in [3.05, 3.63) is 0 Å². The Labute approximate surface area is 176 Å². The van der Waals surface area contributed by atoms with Crippen molar-refractivity contribution in [2.75, 3.05) is 32.6 Å². The summed E-state index contributed by atoms with van der Waals surface area (Å²) >= 11 is 1.06. The number of rotatable bonds is 10. The van der Waals surface area contributed by atoms with Gasteiger partial charge in [-0.05, 0) is 13.8 Å². The first-order valence-electron chi connectivity index (χ1n) is 9.55. The number of carbonyl (C=O) groups excluding carboxylic acids is 4. The second kappa shape index (κ2) is 11.5. The number of hydrogen-bond donors (Lipinski definition) is 2. The lowest BCUT2D eigenvalue weighted by atomic mass is 9.85. The number of amides is 2. The molecular formula is C19H32N2O7S. The van der Waals surface area contributed by atoms with Crippen molar-refractivity contribution in [1.82, 2.24) is 10.6 Å². The normalized spacial score (nSPS) is 19.8. The van der Waals surface area contributed by atoms with Gasteiger partial charge in [0.05, 0.1) is 20.1 Å². The van der Waals surface area contributed by atoms with E-state index in [9.17, 15) is 19.2 Å². The Morgan fingerprint density at radius 2 is 1.72 bits per heavy atom. The van der Waals surface area contributed by atoms with Crippen LogP contribution in [0.5, 0.6) is 0 Å². The molecule has 0 bridgehead atoms. The van der Waals surface area contributed by atoms with Crippen LogP contribution in [-0.4, -0.2) is 67.3 Å². The number of nitrogens with one attached hydrogen (secondary N) is 2. The molecule has 0 aromatic carbocycles. The average molecular weight is 433 g/mol. The summed E-state index contributed by atoms with van der Waals surface area (Å²) in [5.74, 6) is -1.34. The van der Waals surface area contributed by atoms with Crippen LogP contribution < -0.4 is 10.6 Å². The molecular weight excluding hydrogens is 400 g/mol. The highest BCUT2D eigenvalue weighted by Crippen LogP contribution is 2.34. The number of ether oxygens (including phenoxy) is 3. The molecule has 1 aliphatic rings. The van der Waals surface area contributed by atoms with Crippen molar-refractivity contribution in [2.24, 2.45) is 5.41 Å². The number of methoxy groups -OCH3 is 1. The van der Waals surface area contributed by atoms with Gasteiger partial charge in [0.25, 0.3) is 0 Å². The van der Waals surface area contributed by atoms with E-state index in [1.54, 1.807) is 13.8 Å². The van der Waals surface area contributed by atoms with E-state index < -0.39 is 23.3 Å². The fourth-order valence-electron chi connectivity index (χ4n) is 2.54. The molecule has 10 heteroatoms. The summed E-state index contributed by atoms with van der Waals surface area (Å²) in [6.45, 7) is 8.21. The van der Waals surface area contributed by atoms with Gasteiger partial charge in [0.2, 0.25) is 11.8 Å². The van der Waals surface area contributed by atoms with Gasteiger partial charge in [-0.1, -0.05) is 25.6 Å². The maximum Gasteiger partial charge on any atom is 0.305 e. The van der Waals surface area contributed by atoms with Crippen LogP contribution in [0, 0.1) is 5.41 Å². The van der Waals surface area contributed by atoms with Gasteiger partial charge in [0.15, 0.2) is 10.9 Å². The Hall–Kier alpha value is -1.65. The molecule has 1 aliphatic heterocycles. The third-order valence-corrected chi connectivity index (χ3v) is 5.18. The molecule has 1 atom stereocenters. The van der Waals surface area contributed by atoms with Crippen LogP contribution >= 0.6 is 11.8 Å². The van der Waals surface area contributed by atoms with Crippen molar-refractivity contribution in [3.63, 3.8) is 0 Å². The van der Waals surface area contributed by atoms with Gasteiger partial charge >= 0.3 is 5.97 Å². The Morgan fingerprint density at radius 1 is 1.03 bits per heavy atom. The molecule has 2 amide bonds. The molecule has 0 spiro atoms. The Bertz CT molecular complexity index is 607. The molecule has 0 aromatic heterocycles. The summed E-state index contributed by atoms with van der Waals surface area (Å²) in [6.07, 6.45) is -0.376. The van der Waals surface area contributed by atoms with Gasteiger partial charge < -0.3 is 24.8 Å². The van der Waals surface area contributed by atoms with Crippen LogP contribution in [0.4, 0.5) is 0 Å². The van der Waals surface area contributed by atoms with E-state index in [1.807, 2.05) is 13.8 Å². The van der Waals surface area contributed by atoms with Crippen molar-refractivity contribution < 1.29 is 33.4 Å². The quantitative estimate of drug-likeness (QED) is 0.388.